The number of hydrogen-bond donors (Lipinski definition) is 2. The van der Waals surface area contributed by atoms with Crippen molar-refractivity contribution in [3.8, 4) is 5.88 Å². The predicted molar refractivity (Wildman–Crippen MR) is 66.3 cm³/mol. The van der Waals surface area contributed by atoms with Gasteiger partial charge in [-0.1, -0.05) is 25.9 Å². The lowest BCUT2D eigenvalue weighted by Crippen LogP contribution is -2.11. The van der Waals surface area contributed by atoms with E-state index in [2.05, 4.69) is 30.9 Å². The summed E-state index contributed by atoms with van der Waals surface area (Å²) >= 11 is 0. The van der Waals surface area contributed by atoms with Crippen LogP contribution in [0.5, 0.6) is 5.88 Å². The van der Waals surface area contributed by atoms with Gasteiger partial charge in [-0.15, -0.1) is 0 Å². The van der Waals surface area contributed by atoms with E-state index in [1.54, 1.807) is 6.07 Å². The van der Waals surface area contributed by atoms with E-state index in [9.17, 15) is 0 Å². The number of H-pyrrole nitrogens is 1. The normalized spacial score (nSPS) is 11.8. The standard InChI is InChI=1S/C13H18N2O3/c1-13(2,3)11-4-5-12(14-11)17-8-10-6-9(7-16)15-18-10/h4-6,14,16H,7-8H2,1-3H3. The molecule has 0 aliphatic carbocycles. The van der Waals surface area contributed by atoms with Gasteiger partial charge < -0.3 is 19.4 Å². The number of aliphatic hydroxyl groups excluding tert-OH is 1. The third-order valence-electron chi connectivity index (χ3n) is 2.61. The minimum absolute atomic E-state index is 0.0674. The molecular formula is C13H18N2O3. The number of rotatable bonds is 4. The van der Waals surface area contributed by atoms with Gasteiger partial charge >= 0.3 is 0 Å². The molecule has 0 atom stereocenters. The molecule has 0 aliphatic heterocycles. The fourth-order valence-corrected chi connectivity index (χ4v) is 1.54. The van der Waals surface area contributed by atoms with Crippen molar-refractivity contribution in [3.05, 3.63) is 35.3 Å². The Hall–Kier alpha value is -1.75. The molecule has 0 bridgehead atoms. The van der Waals surface area contributed by atoms with Crippen molar-refractivity contribution in [1.82, 2.24) is 10.1 Å². The number of nitrogens with one attached hydrogen (secondary N) is 1. The number of nitrogens with zero attached hydrogens (tertiary/aromatic N) is 1. The molecule has 2 aromatic rings. The van der Waals surface area contributed by atoms with Crippen molar-refractivity contribution >= 4 is 0 Å². The SMILES string of the molecule is CC(C)(C)c1ccc(OCc2cc(CO)no2)[nH]1. The summed E-state index contributed by atoms with van der Waals surface area (Å²) in [5.74, 6) is 1.29. The minimum atomic E-state index is -0.125. The molecule has 0 spiro atoms. The Labute approximate surface area is 106 Å². The molecule has 0 aromatic carbocycles. The first-order chi connectivity index (χ1) is 8.49. The van der Waals surface area contributed by atoms with E-state index in [1.165, 1.54) is 0 Å². The maximum Gasteiger partial charge on any atom is 0.191 e. The Morgan fingerprint density at radius 2 is 2.17 bits per heavy atom. The van der Waals surface area contributed by atoms with Crippen LogP contribution in [-0.4, -0.2) is 15.2 Å². The number of ether oxygens (including phenoxy) is 1. The molecule has 2 heterocycles. The van der Waals surface area contributed by atoms with Gasteiger partial charge in [-0.2, -0.15) is 0 Å². The van der Waals surface area contributed by atoms with Gasteiger partial charge in [0.15, 0.2) is 18.2 Å². The molecule has 2 N–H and O–H groups in total. The van der Waals surface area contributed by atoms with E-state index in [-0.39, 0.29) is 18.6 Å². The molecule has 98 valence electrons. The molecule has 5 heteroatoms. The van der Waals surface area contributed by atoms with E-state index in [1.807, 2.05) is 12.1 Å². The van der Waals surface area contributed by atoms with Crippen LogP contribution in [0.3, 0.4) is 0 Å². The highest BCUT2D eigenvalue weighted by Crippen LogP contribution is 2.24. The summed E-state index contributed by atoms with van der Waals surface area (Å²) in [6.45, 7) is 6.56. The van der Waals surface area contributed by atoms with E-state index in [4.69, 9.17) is 14.4 Å². The number of aromatic nitrogens is 2. The molecule has 0 amide bonds. The maximum atomic E-state index is 8.86. The third-order valence-corrected chi connectivity index (χ3v) is 2.61. The van der Waals surface area contributed by atoms with Crippen LogP contribution in [0.15, 0.2) is 22.7 Å². The van der Waals surface area contributed by atoms with Crippen LogP contribution < -0.4 is 4.74 Å². The first-order valence-corrected chi connectivity index (χ1v) is 5.86. The van der Waals surface area contributed by atoms with Gasteiger partial charge in [0.1, 0.15) is 5.69 Å². The van der Waals surface area contributed by atoms with Gasteiger partial charge in [0.2, 0.25) is 0 Å². The quantitative estimate of drug-likeness (QED) is 0.873. The molecule has 2 rings (SSSR count). The van der Waals surface area contributed by atoms with Crippen molar-refractivity contribution in [1.29, 1.82) is 0 Å². The van der Waals surface area contributed by atoms with E-state index in [0.29, 0.717) is 17.3 Å². The molecule has 5 nitrogen and oxygen atoms in total. The molecule has 0 aliphatic rings. The zero-order chi connectivity index (χ0) is 13.2. The van der Waals surface area contributed by atoms with Gasteiger partial charge in [0, 0.05) is 17.2 Å². The average molecular weight is 250 g/mol. The molecule has 0 saturated heterocycles. The van der Waals surface area contributed by atoms with Crippen LogP contribution >= 0.6 is 0 Å². The molecule has 0 fully saturated rings. The Balaban J connectivity index is 1.96. The Morgan fingerprint density at radius 3 is 2.72 bits per heavy atom. The highest BCUT2D eigenvalue weighted by atomic mass is 16.5. The van der Waals surface area contributed by atoms with Gasteiger partial charge in [0.05, 0.1) is 6.61 Å². The van der Waals surface area contributed by atoms with Crippen LogP contribution in [0.25, 0.3) is 0 Å². The summed E-state index contributed by atoms with van der Waals surface area (Å²) < 4.78 is 10.6. The Bertz CT molecular complexity index is 508. The number of aliphatic hydroxyl groups is 1. The highest BCUT2D eigenvalue weighted by molar-refractivity contribution is 5.23. The smallest absolute Gasteiger partial charge is 0.191 e. The monoisotopic (exact) mass is 250 g/mol. The summed E-state index contributed by atoms with van der Waals surface area (Å²) in [6, 6.07) is 5.58. The molecule has 18 heavy (non-hydrogen) atoms. The second-order valence-electron chi connectivity index (χ2n) is 5.22. The molecule has 2 aromatic heterocycles. The fourth-order valence-electron chi connectivity index (χ4n) is 1.54. The van der Waals surface area contributed by atoms with Gasteiger partial charge in [-0.25, -0.2) is 0 Å². The summed E-state index contributed by atoms with van der Waals surface area (Å²) in [4.78, 5) is 3.21. The van der Waals surface area contributed by atoms with E-state index >= 15 is 0 Å². The zero-order valence-electron chi connectivity index (χ0n) is 10.9. The van der Waals surface area contributed by atoms with E-state index in [0.717, 1.165) is 5.69 Å². The van der Waals surface area contributed by atoms with E-state index < -0.39 is 0 Å². The summed E-state index contributed by atoms with van der Waals surface area (Å²) in [5.41, 5.74) is 1.69. The molecule has 0 unspecified atom stereocenters. The lowest BCUT2D eigenvalue weighted by molar-refractivity contribution is 0.235. The predicted octanol–water partition coefficient (Wildman–Crippen LogP) is 2.37. The van der Waals surface area contributed by atoms with Crippen molar-refractivity contribution in [2.24, 2.45) is 0 Å². The van der Waals surface area contributed by atoms with Crippen LogP contribution in [0, 0.1) is 0 Å². The topological polar surface area (TPSA) is 71.3 Å². The van der Waals surface area contributed by atoms with Crippen LogP contribution in [-0.2, 0) is 18.6 Å². The van der Waals surface area contributed by atoms with Crippen LogP contribution in [0.4, 0.5) is 0 Å². The Morgan fingerprint density at radius 1 is 1.39 bits per heavy atom. The molecule has 0 radical (unpaired) electrons. The second-order valence-corrected chi connectivity index (χ2v) is 5.22. The summed E-state index contributed by atoms with van der Waals surface area (Å²) in [7, 11) is 0. The van der Waals surface area contributed by atoms with Crippen LogP contribution in [0.1, 0.15) is 37.9 Å². The lowest BCUT2D eigenvalue weighted by Gasteiger charge is -2.15. The summed E-state index contributed by atoms with van der Waals surface area (Å²) in [5, 5.41) is 12.5. The van der Waals surface area contributed by atoms with Gasteiger partial charge in [0.25, 0.3) is 0 Å². The van der Waals surface area contributed by atoms with Gasteiger partial charge in [-0.3, -0.25) is 0 Å². The largest absolute Gasteiger partial charge is 0.471 e. The van der Waals surface area contributed by atoms with Crippen molar-refractivity contribution < 1.29 is 14.4 Å². The number of aromatic amines is 1. The molecular weight excluding hydrogens is 232 g/mol. The molecule has 0 saturated carbocycles. The highest BCUT2D eigenvalue weighted by Gasteiger charge is 2.16. The first-order valence-electron chi connectivity index (χ1n) is 5.86. The zero-order valence-corrected chi connectivity index (χ0v) is 10.9. The van der Waals surface area contributed by atoms with Crippen molar-refractivity contribution in [2.45, 2.75) is 39.4 Å². The lowest BCUT2D eigenvalue weighted by atomic mass is 9.93. The minimum Gasteiger partial charge on any atom is -0.471 e. The summed E-state index contributed by atoms with van der Waals surface area (Å²) in [6.07, 6.45) is 0. The second kappa shape index (κ2) is 4.86. The van der Waals surface area contributed by atoms with Crippen molar-refractivity contribution in [2.75, 3.05) is 0 Å². The van der Waals surface area contributed by atoms with Crippen LogP contribution in [0.2, 0.25) is 0 Å². The third kappa shape index (κ3) is 2.92. The van der Waals surface area contributed by atoms with Gasteiger partial charge in [-0.05, 0) is 12.1 Å². The fraction of sp³-hybridized carbons (Fsp3) is 0.462. The number of hydrogen-bond acceptors (Lipinski definition) is 4. The maximum absolute atomic E-state index is 8.86. The Kier molecular flexibility index (Phi) is 3.43. The van der Waals surface area contributed by atoms with Crippen molar-refractivity contribution in [3.63, 3.8) is 0 Å². The average Bonchev–Trinajstić information content (AvgIpc) is 2.94. The first kappa shape index (κ1) is 12.7.